The Labute approximate surface area is 118 Å². The lowest BCUT2D eigenvalue weighted by molar-refractivity contribution is 0.0973. The number of Topliss-reactive ketones (excluding diaryl/α,β-unsaturated/α-hetero) is 1. The summed E-state index contributed by atoms with van der Waals surface area (Å²) in [5, 5.41) is 4.27. The summed E-state index contributed by atoms with van der Waals surface area (Å²) in [4.78, 5) is 16.2. The van der Waals surface area contributed by atoms with Crippen molar-refractivity contribution in [3.63, 3.8) is 0 Å². The molecule has 0 saturated carbocycles. The van der Waals surface area contributed by atoms with Crippen molar-refractivity contribution in [1.82, 2.24) is 19.3 Å². The molecule has 0 saturated heterocycles. The first-order chi connectivity index (χ1) is 9.63. The van der Waals surface area contributed by atoms with Gasteiger partial charge in [-0.2, -0.15) is 5.10 Å². The van der Waals surface area contributed by atoms with Crippen LogP contribution >= 0.6 is 0 Å². The molecule has 3 rings (SSSR count). The van der Waals surface area contributed by atoms with Gasteiger partial charge in [-0.25, -0.2) is 9.67 Å². The summed E-state index contributed by atoms with van der Waals surface area (Å²) in [5.41, 5.74) is 2.07. The van der Waals surface area contributed by atoms with Gasteiger partial charge in [-0.3, -0.25) is 4.79 Å². The molecule has 0 spiro atoms. The summed E-state index contributed by atoms with van der Waals surface area (Å²) in [6.45, 7) is 5.87. The van der Waals surface area contributed by atoms with E-state index in [-0.39, 0.29) is 5.78 Å². The zero-order chi connectivity index (χ0) is 14.1. The van der Waals surface area contributed by atoms with E-state index in [1.54, 1.807) is 6.33 Å². The molecule has 0 radical (unpaired) electrons. The molecule has 0 fully saturated rings. The predicted octanol–water partition coefficient (Wildman–Crippen LogP) is 2.30. The Morgan fingerprint density at radius 1 is 1.30 bits per heavy atom. The summed E-state index contributed by atoms with van der Waals surface area (Å²) in [6.07, 6.45) is 8.31. The van der Waals surface area contributed by atoms with Gasteiger partial charge >= 0.3 is 0 Å². The van der Waals surface area contributed by atoms with Gasteiger partial charge in [-0.15, -0.1) is 0 Å². The lowest BCUT2D eigenvalue weighted by Crippen LogP contribution is -2.12. The van der Waals surface area contributed by atoms with Gasteiger partial charge in [0, 0.05) is 30.9 Å². The number of aryl methyl sites for hydroxylation is 1. The molecular formula is C15H20N4O. The van der Waals surface area contributed by atoms with Crippen LogP contribution in [0.25, 0.3) is 0 Å². The third-order valence-electron chi connectivity index (χ3n) is 3.67. The molecule has 2 aromatic rings. The molecule has 106 valence electrons. The molecule has 1 aliphatic carbocycles. The Morgan fingerprint density at radius 3 is 2.90 bits per heavy atom. The second-order valence-corrected chi connectivity index (χ2v) is 5.90. The molecule has 0 amide bonds. The number of carbonyl (C=O) groups excluding carboxylic acids is 1. The third kappa shape index (κ3) is 2.53. The molecule has 0 bridgehead atoms. The van der Waals surface area contributed by atoms with Crippen LogP contribution in [-0.4, -0.2) is 25.1 Å². The zero-order valence-corrected chi connectivity index (χ0v) is 12.0. The van der Waals surface area contributed by atoms with E-state index >= 15 is 0 Å². The van der Waals surface area contributed by atoms with E-state index in [1.165, 1.54) is 5.56 Å². The number of hydrogen-bond donors (Lipinski definition) is 0. The summed E-state index contributed by atoms with van der Waals surface area (Å²) in [5.74, 6) is 1.75. The first-order valence-electron chi connectivity index (χ1n) is 7.22. The van der Waals surface area contributed by atoms with Crippen molar-refractivity contribution in [1.29, 1.82) is 0 Å². The maximum Gasteiger partial charge on any atom is 0.164 e. The molecule has 5 heteroatoms. The van der Waals surface area contributed by atoms with Crippen molar-refractivity contribution in [2.45, 2.75) is 46.2 Å². The largest absolute Gasteiger partial charge is 0.346 e. The first-order valence-corrected chi connectivity index (χ1v) is 7.22. The molecular weight excluding hydrogens is 252 g/mol. The van der Waals surface area contributed by atoms with Gasteiger partial charge < -0.3 is 4.57 Å². The number of carbonyl (C=O) groups is 1. The van der Waals surface area contributed by atoms with Gasteiger partial charge in [0.25, 0.3) is 0 Å². The van der Waals surface area contributed by atoms with Crippen molar-refractivity contribution in [2.24, 2.45) is 5.92 Å². The zero-order valence-electron chi connectivity index (χ0n) is 12.0. The Hall–Kier alpha value is -1.91. The molecule has 2 heterocycles. The van der Waals surface area contributed by atoms with E-state index in [4.69, 9.17) is 0 Å². The highest BCUT2D eigenvalue weighted by Gasteiger charge is 2.19. The fourth-order valence-corrected chi connectivity index (χ4v) is 2.74. The van der Waals surface area contributed by atoms with E-state index in [9.17, 15) is 4.79 Å². The number of hydrogen-bond acceptors (Lipinski definition) is 3. The molecule has 0 unspecified atom stereocenters. The highest BCUT2D eigenvalue weighted by atomic mass is 16.1. The quantitative estimate of drug-likeness (QED) is 0.858. The summed E-state index contributed by atoms with van der Waals surface area (Å²) >= 11 is 0. The van der Waals surface area contributed by atoms with Crippen LogP contribution in [-0.2, 0) is 19.5 Å². The Bertz CT molecular complexity index is 624. The van der Waals surface area contributed by atoms with Gasteiger partial charge in [0.1, 0.15) is 12.2 Å². The third-order valence-corrected chi connectivity index (χ3v) is 3.67. The second-order valence-electron chi connectivity index (χ2n) is 5.90. The van der Waals surface area contributed by atoms with Gasteiger partial charge in [-0.1, -0.05) is 13.8 Å². The van der Waals surface area contributed by atoms with Crippen molar-refractivity contribution in [2.75, 3.05) is 0 Å². The fourth-order valence-electron chi connectivity index (χ4n) is 2.74. The minimum Gasteiger partial charge on any atom is -0.346 e. The topological polar surface area (TPSA) is 52.7 Å². The first kappa shape index (κ1) is 13.1. The SMILES string of the molecule is CC(C)Cn1ncnc1Cn1cc2c(c1)C(=O)CCC2. The van der Waals surface area contributed by atoms with E-state index in [0.717, 1.165) is 30.8 Å². The molecule has 0 atom stereocenters. The van der Waals surface area contributed by atoms with Gasteiger partial charge in [0.2, 0.25) is 0 Å². The van der Waals surface area contributed by atoms with E-state index < -0.39 is 0 Å². The van der Waals surface area contributed by atoms with E-state index in [0.29, 0.717) is 18.9 Å². The lowest BCUT2D eigenvalue weighted by atomic mass is 9.95. The molecule has 1 aliphatic rings. The lowest BCUT2D eigenvalue weighted by Gasteiger charge is -2.08. The molecule has 0 aromatic carbocycles. The van der Waals surface area contributed by atoms with E-state index in [1.807, 2.05) is 10.9 Å². The van der Waals surface area contributed by atoms with Crippen LogP contribution < -0.4 is 0 Å². The van der Waals surface area contributed by atoms with Crippen molar-refractivity contribution in [3.05, 3.63) is 35.7 Å². The smallest absolute Gasteiger partial charge is 0.164 e. The Morgan fingerprint density at radius 2 is 2.15 bits per heavy atom. The minimum atomic E-state index is 0.272. The second kappa shape index (κ2) is 5.23. The average molecular weight is 272 g/mol. The number of rotatable bonds is 4. The van der Waals surface area contributed by atoms with Crippen molar-refractivity contribution < 1.29 is 4.79 Å². The van der Waals surface area contributed by atoms with Crippen LogP contribution in [0, 0.1) is 5.92 Å². The number of nitrogens with zero attached hydrogens (tertiary/aromatic N) is 4. The maximum atomic E-state index is 11.9. The van der Waals surface area contributed by atoms with Crippen molar-refractivity contribution >= 4 is 5.78 Å². The van der Waals surface area contributed by atoms with Gasteiger partial charge in [0.05, 0.1) is 6.54 Å². The summed E-state index contributed by atoms with van der Waals surface area (Å²) < 4.78 is 4.01. The van der Waals surface area contributed by atoms with E-state index in [2.05, 4.69) is 34.7 Å². The molecule has 20 heavy (non-hydrogen) atoms. The van der Waals surface area contributed by atoms with Crippen LogP contribution in [0.4, 0.5) is 0 Å². The summed E-state index contributed by atoms with van der Waals surface area (Å²) in [7, 11) is 0. The maximum absolute atomic E-state index is 11.9. The molecule has 0 aliphatic heterocycles. The number of ketones is 1. The Kier molecular flexibility index (Phi) is 3.42. The molecule has 2 aromatic heterocycles. The highest BCUT2D eigenvalue weighted by molar-refractivity contribution is 5.98. The van der Waals surface area contributed by atoms with Crippen LogP contribution in [0.3, 0.4) is 0 Å². The monoisotopic (exact) mass is 272 g/mol. The van der Waals surface area contributed by atoms with Gasteiger partial charge in [0.15, 0.2) is 5.78 Å². The minimum absolute atomic E-state index is 0.272. The van der Waals surface area contributed by atoms with Crippen LogP contribution in [0.5, 0.6) is 0 Å². The average Bonchev–Trinajstić information content (AvgIpc) is 2.97. The molecule has 5 nitrogen and oxygen atoms in total. The van der Waals surface area contributed by atoms with Crippen LogP contribution in [0.15, 0.2) is 18.7 Å². The predicted molar refractivity (Wildman–Crippen MR) is 75.7 cm³/mol. The summed E-state index contributed by atoms with van der Waals surface area (Å²) in [6, 6.07) is 0. The fraction of sp³-hybridized carbons (Fsp3) is 0.533. The normalized spacial score (nSPS) is 14.8. The number of aromatic nitrogens is 4. The Balaban J connectivity index is 1.82. The molecule has 0 N–H and O–H groups in total. The van der Waals surface area contributed by atoms with Gasteiger partial charge in [-0.05, 0) is 24.3 Å². The number of fused-ring (bicyclic) bond motifs is 1. The standard InChI is InChI=1S/C15H20N4O/c1-11(2)6-19-15(16-10-17-19)9-18-7-12-4-3-5-14(20)13(12)8-18/h7-8,10-11H,3-6,9H2,1-2H3. The highest BCUT2D eigenvalue weighted by Crippen LogP contribution is 2.22. The van der Waals surface area contributed by atoms with Crippen LogP contribution in [0.1, 0.15) is 48.4 Å². The van der Waals surface area contributed by atoms with Crippen LogP contribution in [0.2, 0.25) is 0 Å². The van der Waals surface area contributed by atoms with Crippen molar-refractivity contribution in [3.8, 4) is 0 Å².